The van der Waals surface area contributed by atoms with Crippen LogP contribution in [-0.2, 0) is 10.0 Å². The molecule has 1 aromatic carbocycles. The molecule has 0 spiro atoms. The number of benzene rings is 1. The van der Waals surface area contributed by atoms with Crippen LogP contribution in [0.4, 0.5) is 5.82 Å². The molecule has 138 valence electrons. The predicted molar refractivity (Wildman–Crippen MR) is 101 cm³/mol. The van der Waals surface area contributed by atoms with E-state index in [1.54, 1.807) is 24.5 Å². The number of hydrogen-bond acceptors (Lipinski definition) is 6. The maximum Gasteiger partial charge on any atom is 0.274 e. The van der Waals surface area contributed by atoms with Crippen molar-refractivity contribution in [2.24, 2.45) is 0 Å². The average Bonchev–Trinajstić information content (AvgIpc) is 2.66. The topological polar surface area (TPSA) is 121 Å². The van der Waals surface area contributed by atoms with Gasteiger partial charge in [0.15, 0.2) is 0 Å². The zero-order chi connectivity index (χ0) is 19.4. The summed E-state index contributed by atoms with van der Waals surface area (Å²) in [6.45, 7) is 0. The molecule has 0 aliphatic heterocycles. The number of hydroxylamine groups is 1. The Morgan fingerprint density at radius 1 is 1.04 bits per heavy atom. The van der Waals surface area contributed by atoms with Gasteiger partial charge >= 0.3 is 0 Å². The van der Waals surface area contributed by atoms with Gasteiger partial charge in [-0.25, -0.2) is 18.9 Å². The van der Waals surface area contributed by atoms with Crippen LogP contribution in [0.2, 0.25) is 0 Å². The van der Waals surface area contributed by atoms with Gasteiger partial charge in [0.05, 0.1) is 11.9 Å². The van der Waals surface area contributed by atoms with Gasteiger partial charge in [-0.1, -0.05) is 30.3 Å². The number of carbonyl (C=O) groups excluding carboxylic acids is 1. The van der Waals surface area contributed by atoms with E-state index >= 15 is 0 Å². The molecule has 0 fully saturated rings. The lowest BCUT2D eigenvalue weighted by Crippen LogP contribution is -2.20. The number of sulfonamides is 1. The Hall–Kier alpha value is -3.30. The molecule has 0 aliphatic carbocycles. The van der Waals surface area contributed by atoms with Crippen LogP contribution in [0.5, 0.6) is 0 Å². The summed E-state index contributed by atoms with van der Waals surface area (Å²) in [6, 6.07) is 13.8. The number of pyridine rings is 2. The van der Waals surface area contributed by atoms with Crippen molar-refractivity contribution >= 4 is 21.7 Å². The van der Waals surface area contributed by atoms with Crippen LogP contribution in [0.15, 0.2) is 60.9 Å². The van der Waals surface area contributed by atoms with Crippen LogP contribution in [0.1, 0.15) is 10.4 Å². The third-order valence-electron chi connectivity index (χ3n) is 3.65. The molecule has 1 amide bonds. The second kappa shape index (κ2) is 7.52. The number of amides is 1. The molecule has 8 nitrogen and oxygen atoms in total. The molecule has 0 unspecified atom stereocenters. The largest absolute Gasteiger partial charge is 0.288 e. The van der Waals surface area contributed by atoms with Gasteiger partial charge in [0.1, 0.15) is 5.82 Å². The lowest BCUT2D eigenvalue weighted by atomic mass is 10.0. The number of rotatable bonds is 5. The minimum atomic E-state index is -3.58. The second-order valence-corrected chi connectivity index (χ2v) is 7.51. The average molecular weight is 384 g/mol. The molecular formula is C18H16N4O4S. The zero-order valence-electron chi connectivity index (χ0n) is 14.2. The third-order valence-corrected chi connectivity index (χ3v) is 4.23. The van der Waals surface area contributed by atoms with E-state index < -0.39 is 15.9 Å². The Morgan fingerprint density at radius 2 is 1.74 bits per heavy atom. The summed E-state index contributed by atoms with van der Waals surface area (Å²) in [5.74, 6) is -0.799. The van der Waals surface area contributed by atoms with Gasteiger partial charge in [-0.15, -0.1) is 0 Å². The van der Waals surface area contributed by atoms with Gasteiger partial charge in [0.2, 0.25) is 10.0 Å². The summed E-state index contributed by atoms with van der Waals surface area (Å²) < 4.78 is 25.2. The van der Waals surface area contributed by atoms with Gasteiger partial charge in [-0.2, -0.15) is 0 Å². The second-order valence-electron chi connectivity index (χ2n) is 5.76. The van der Waals surface area contributed by atoms with E-state index in [9.17, 15) is 13.2 Å². The molecule has 3 aromatic rings. The fraction of sp³-hybridized carbons (Fsp3) is 0.0556. The minimum Gasteiger partial charge on any atom is -0.288 e. The Kier molecular flexibility index (Phi) is 5.15. The Balaban J connectivity index is 2.02. The fourth-order valence-electron chi connectivity index (χ4n) is 2.48. The quantitative estimate of drug-likeness (QED) is 0.458. The van der Waals surface area contributed by atoms with Crippen molar-refractivity contribution < 1.29 is 18.4 Å². The summed E-state index contributed by atoms with van der Waals surface area (Å²) in [7, 11) is -3.58. The van der Waals surface area contributed by atoms with Crippen molar-refractivity contribution in [3.63, 3.8) is 0 Å². The van der Waals surface area contributed by atoms with E-state index in [-0.39, 0.29) is 11.4 Å². The van der Waals surface area contributed by atoms with Crippen molar-refractivity contribution in [2.75, 3.05) is 11.0 Å². The fourth-order valence-corrected chi connectivity index (χ4v) is 2.97. The lowest BCUT2D eigenvalue weighted by Gasteiger charge is -2.10. The summed E-state index contributed by atoms with van der Waals surface area (Å²) >= 11 is 0. The van der Waals surface area contributed by atoms with Crippen molar-refractivity contribution in [1.29, 1.82) is 0 Å². The van der Waals surface area contributed by atoms with E-state index in [0.717, 1.165) is 17.4 Å². The van der Waals surface area contributed by atoms with Crippen LogP contribution >= 0.6 is 0 Å². The first-order chi connectivity index (χ1) is 12.9. The Bertz CT molecular complexity index is 1070. The molecule has 2 heterocycles. The van der Waals surface area contributed by atoms with Crippen LogP contribution in [0.25, 0.3) is 22.4 Å². The standard InChI is InChI=1S/C18H16N4O4S/c1-27(25,26)22-17-10-15(18(23)21-24)9-16(20-17)13-6-4-12(5-7-13)14-3-2-8-19-11-14/h2-11,24H,1H3,(H,20,22)(H,21,23). The number of aromatic nitrogens is 2. The highest BCUT2D eigenvalue weighted by Gasteiger charge is 2.13. The van der Waals surface area contributed by atoms with Crippen LogP contribution in [0, 0.1) is 0 Å². The van der Waals surface area contributed by atoms with Gasteiger partial charge in [-0.05, 0) is 29.3 Å². The normalized spacial score (nSPS) is 11.0. The molecule has 0 saturated carbocycles. The predicted octanol–water partition coefficient (Wildman–Crippen LogP) is 2.30. The zero-order valence-corrected chi connectivity index (χ0v) is 15.1. The molecule has 0 aliphatic rings. The van der Waals surface area contributed by atoms with Crippen LogP contribution < -0.4 is 10.2 Å². The number of nitrogens with zero attached hydrogens (tertiary/aromatic N) is 2. The van der Waals surface area contributed by atoms with Crippen LogP contribution in [-0.4, -0.2) is 35.8 Å². The number of hydrogen-bond donors (Lipinski definition) is 3. The van der Waals surface area contributed by atoms with E-state index in [0.29, 0.717) is 11.3 Å². The van der Waals surface area contributed by atoms with Gasteiger partial charge in [0, 0.05) is 23.5 Å². The SMILES string of the molecule is CS(=O)(=O)Nc1cc(C(=O)NO)cc(-c2ccc(-c3cccnc3)cc2)n1. The molecule has 0 radical (unpaired) electrons. The van der Waals surface area contributed by atoms with E-state index in [2.05, 4.69) is 14.7 Å². The minimum absolute atomic E-state index is 0.0232. The highest BCUT2D eigenvalue weighted by atomic mass is 32.2. The van der Waals surface area contributed by atoms with Crippen LogP contribution in [0.3, 0.4) is 0 Å². The molecule has 3 rings (SSSR count). The smallest absolute Gasteiger partial charge is 0.274 e. The monoisotopic (exact) mass is 384 g/mol. The number of anilines is 1. The molecule has 2 aromatic heterocycles. The molecule has 0 bridgehead atoms. The molecular weight excluding hydrogens is 368 g/mol. The number of nitrogens with one attached hydrogen (secondary N) is 2. The van der Waals surface area contributed by atoms with Crippen molar-refractivity contribution in [3.8, 4) is 22.4 Å². The lowest BCUT2D eigenvalue weighted by molar-refractivity contribution is 0.0706. The number of carbonyl (C=O) groups is 1. The Morgan fingerprint density at radius 3 is 2.33 bits per heavy atom. The van der Waals surface area contributed by atoms with Gasteiger partial charge in [-0.3, -0.25) is 19.7 Å². The summed E-state index contributed by atoms with van der Waals surface area (Å²) in [4.78, 5) is 20.1. The molecule has 9 heteroatoms. The van der Waals surface area contributed by atoms with Crippen molar-refractivity contribution in [3.05, 3.63) is 66.5 Å². The highest BCUT2D eigenvalue weighted by molar-refractivity contribution is 7.92. The first-order valence-electron chi connectivity index (χ1n) is 7.81. The first kappa shape index (κ1) is 18.5. The summed E-state index contributed by atoms with van der Waals surface area (Å²) in [5.41, 5.74) is 4.54. The first-order valence-corrected chi connectivity index (χ1v) is 9.70. The molecule has 0 saturated heterocycles. The molecule has 0 atom stereocenters. The van der Waals surface area contributed by atoms with E-state index in [4.69, 9.17) is 5.21 Å². The summed E-state index contributed by atoms with van der Waals surface area (Å²) in [6.07, 6.45) is 4.42. The van der Waals surface area contributed by atoms with Gasteiger partial charge in [0.25, 0.3) is 5.91 Å². The molecule has 3 N–H and O–H groups in total. The Labute approximate surface area is 155 Å². The van der Waals surface area contributed by atoms with E-state index in [1.165, 1.54) is 17.6 Å². The maximum atomic E-state index is 11.8. The highest BCUT2D eigenvalue weighted by Crippen LogP contribution is 2.25. The summed E-state index contributed by atoms with van der Waals surface area (Å²) in [5, 5.41) is 8.87. The third kappa shape index (κ3) is 4.66. The van der Waals surface area contributed by atoms with Crippen molar-refractivity contribution in [1.82, 2.24) is 15.4 Å². The van der Waals surface area contributed by atoms with Gasteiger partial charge < -0.3 is 0 Å². The molecule has 27 heavy (non-hydrogen) atoms. The van der Waals surface area contributed by atoms with E-state index in [1.807, 2.05) is 24.3 Å². The maximum absolute atomic E-state index is 11.8. The van der Waals surface area contributed by atoms with Crippen molar-refractivity contribution in [2.45, 2.75) is 0 Å².